The summed E-state index contributed by atoms with van der Waals surface area (Å²) in [4.78, 5) is 42.1. The van der Waals surface area contributed by atoms with Gasteiger partial charge in [-0.15, -0.1) is 0 Å². The Hall–Kier alpha value is -4.39. The first-order valence-corrected chi connectivity index (χ1v) is 12.5. The predicted molar refractivity (Wildman–Crippen MR) is 147 cm³/mol. The molecule has 7 nitrogen and oxygen atoms in total. The highest BCUT2D eigenvalue weighted by atomic mass is 16.5. The predicted octanol–water partition coefficient (Wildman–Crippen LogP) is 5.24. The third-order valence-corrected chi connectivity index (χ3v) is 6.46. The topological polar surface area (TPSA) is 97.5 Å². The van der Waals surface area contributed by atoms with E-state index < -0.39 is 24.5 Å². The number of ether oxygens (including phenoxy) is 2. The standard InChI is InChI=1S/C31H32N2O5/c1-31(2,3)23-13-9-21(10-14-23)29(35)33-27(17-22-18-32-26-8-6-5-7-25(22)26)30(36)38-19-28(34)20-11-15-24(37-4)16-12-20/h5-16,18,27,32H,17,19H2,1-4H3,(H,33,35)/t27-/m0/s1. The molecule has 38 heavy (non-hydrogen) atoms. The average Bonchev–Trinajstić information content (AvgIpc) is 3.33. The summed E-state index contributed by atoms with van der Waals surface area (Å²) in [7, 11) is 1.54. The van der Waals surface area contributed by atoms with E-state index in [-0.39, 0.29) is 17.6 Å². The molecule has 0 saturated carbocycles. The summed E-state index contributed by atoms with van der Waals surface area (Å²) in [5.74, 6) is -0.808. The molecule has 0 bridgehead atoms. The van der Waals surface area contributed by atoms with Crippen molar-refractivity contribution in [3.05, 3.63) is 101 Å². The molecule has 1 atom stereocenters. The van der Waals surface area contributed by atoms with Gasteiger partial charge < -0.3 is 19.8 Å². The van der Waals surface area contributed by atoms with Crippen molar-refractivity contribution < 1.29 is 23.9 Å². The summed E-state index contributed by atoms with van der Waals surface area (Å²) in [6, 6.07) is 20.6. The normalized spacial score (nSPS) is 12.1. The second-order valence-electron chi connectivity index (χ2n) is 10.2. The molecule has 4 rings (SSSR count). The third-order valence-electron chi connectivity index (χ3n) is 6.46. The Morgan fingerprint density at radius 2 is 1.55 bits per heavy atom. The molecule has 2 N–H and O–H groups in total. The Labute approximate surface area is 222 Å². The second kappa shape index (κ2) is 11.3. The molecule has 0 saturated heterocycles. The van der Waals surface area contributed by atoms with Gasteiger partial charge in [0.25, 0.3) is 5.91 Å². The van der Waals surface area contributed by atoms with Gasteiger partial charge in [-0.1, -0.05) is 51.1 Å². The number of Topliss-reactive ketones (excluding diaryl/α,β-unsaturated/α-hetero) is 1. The Morgan fingerprint density at radius 3 is 2.21 bits per heavy atom. The lowest BCUT2D eigenvalue weighted by molar-refractivity contribution is -0.144. The van der Waals surface area contributed by atoms with Crippen LogP contribution in [0.25, 0.3) is 10.9 Å². The zero-order valence-corrected chi connectivity index (χ0v) is 22.0. The van der Waals surface area contributed by atoms with Crippen molar-refractivity contribution >= 4 is 28.6 Å². The van der Waals surface area contributed by atoms with Gasteiger partial charge in [-0.3, -0.25) is 9.59 Å². The lowest BCUT2D eigenvalue weighted by atomic mass is 9.86. The van der Waals surface area contributed by atoms with E-state index in [1.165, 1.54) is 0 Å². The molecule has 1 aromatic heterocycles. The summed E-state index contributed by atoms with van der Waals surface area (Å²) in [5, 5.41) is 3.77. The molecule has 1 heterocycles. The van der Waals surface area contributed by atoms with Gasteiger partial charge in [0.1, 0.15) is 11.8 Å². The molecule has 0 aliphatic heterocycles. The van der Waals surface area contributed by atoms with E-state index in [2.05, 4.69) is 31.1 Å². The number of hydrogen-bond acceptors (Lipinski definition) is 5. The van der Waals surface area contributed by atoms with Gasteiger partial charge in [0.2, 0.25) is 0 Å². The molecule has 3 aromatic carbocycles. The molecule has 0 unspecified atom stereocenters. The Kier molecular flexibility index (Phi) is 7.96. The molecule has 1 amide bonds. The number of nitrogens with one attached hydrogen (secondary N) is 2. The first kappa shape index (κ1) is 26.7. The number of H-pyrrole nitrogens is 1. The van der Waals surface area contributed by atoms with Crippen molar-refractivity contribution in [3.8, 4) is 5.75 Å². The Morgan fingerprint density at radius 1 is 0.895 bits per heavy atom. The number of aromatic nitrogens is 1. The van der Waals surface area contributed by atoms with Crippen molar-refractivity contribution in [1.82, 2.24) is 10.3 Å². The van der Waals surface area contributed by atoms with E-state index in [1.807, 2.05) is 42.6 Å². The number of esters is 1. The minimum absolute atomic E-state index is 0.0485. The maximum atomic E-state index is 13.2. The van der Waals surface area contributed by atoms with Crippen LogP contribution in [0.3, 0.4) is 0 Å². The summed E-state index contributed by atoms with van der Waals surface area (Å²) in [5.41, 5.74) is 3.66. The summed E-state index contributed by atoms with van der Waals surface area (Å²) < 4.78 is 10.5. The van der Waals surface area contributed by atoms with Gasteiger partial charge >= 0.3 is 5.97 Å². The first-order valence-electron chi connectivity index (χ1n) is 12.5. The van der Waals surface area contributed by atoms with E-state index in [1.54, 1.807) is 43.5 Å². The third kappa shape index (κ3) is 6.29. The van der Waals surface area contributed by atoms with Crippen molar-refractivity contribution in [1.29, 1.82) is 0 Å². The Bertz CT molecular complexity index is 1430. The minimum Gasteiger partial charge on any atom is -0.497 e. The molecule has 0 radical (unpaired) electrons. The molecule has 0 aliphatic rings. The van der Waals surface area contributed by atoms with Crippen LogP contribution in [-0.4, -0.2) is 42.4 Å². The molecule has 0 spiro atoms. The van der Waals surface area contributed by atoms with Crippen LogP contribution >= 0.6 is 0 Å². The van der Waals surface area contributed by atoms with Crippen LogP contribution in [0.2, 0.25) is 0 Å². The molecular weight excluding hydrogens is 480 g/mol. The number of fused-ring (bicyclic) bond motifs is 1. The van der Waals surface area contributed by atoms with Crippen molar-refractivity contribution in [2.45, 2.75) is 38.6 Å². The number of carbonyl (C=O) groups excluding carboxylic acids is 3. The van der Waals surface area contributed by atoms with E-state index >= 15 is 0 Å². The van der Waals surface area contributed by atoms with Crippen LogP contribution in [0, 0.1) is 0 Å². The molecular formula is C31H32N2O5. The average molecular weight is 513 g/mol. The summed E-state index contributed by atoms with van der Waals surface area (Å²) >= 11 is 0. The quantitative estimate of drug-likeness (QED) is 0.236. The molecule has 4 aromatic rings. The van der Waals surface area contributed by atoms with Crippen LogP contribution in [0.4, 0.5) is 0 Å². The highest BCUT2D eigenvalue weighted by molar-refractivity contribution is 5.99. The smallest absolute Gasteiger partial charge is 0.329 e. The SMILES string of the molecule is COc1ccc(C(=O)COC(=O)[C@H](Cc2c[nH]c3ccccc23)NC(=O)c2ccc(C(C)(C)C)cc2)cc1. The molecule has 7 heteroatoms. The maximum absolute atomic E-state index is 13.2. The second-order valence-corrected chi connectivity index (χ2v) is 10.2. The van der Waals surface area contributed by atoms with Gasteiger partial charge in [-0.2, -0.15) is 0 Å². The van der Waals surface area contributed by atoms with E-state index in [0.717, 1.165) is 22.0 Å². The molecule has 0 fully saturated rings. The lowest BCUT2D eigenvalue weighted by Crippen LogP contribution is -2.43. The van der Waals surface area contributed by atoms with E-state index in [0.29, 0.717) is 16.9 Å². The van der Waals surface area contributed by atoms with Gasteiger partial charge in [0.05, 0.1) is 7.11 Å². The first-order chi connectivity index (χ1) is 18.2. The highest BCUT2D eigenvalue weighted by Gasteiger charge is 2.26. The van der Waals surface area contributed by atoms with Crippen molar-refractivity contribution in [3.63, 3.8) is 0 Å². The summed E-state index contributed by atoms with van der Waals surface area (Å²) in [6.45, 7) is 5.86. The number of para-hydroxylation sites is 1. The molecule has 196 valence electrons. The number of aromatic amines is 1. The largest absolute Gasteiger partial charge is 0.497 e. The van der Waals surface area contributed by atoms with Crippen LogP contribution in [0.15, 0.2) is 79.0 Å². The highest BCUT2D eigenvalue weighted by Crippen LogP contribution is 2.23. The van der Waals surface area contributed by atoms with Crippen LogP contribution in [-0.2, 0) is 21.4 Å². The van der Waals surface area contributed by atoms with Crippen molar-refractivity contribution in [2.75, 3.05) is 13.7 Å². The monoisotopic (exact) mass is 512 g/mol. The summed E-state index contributed by atoms with van der Waals surface area (Å²) in [6.07, 6.45) is 2.02. The number of benzene rings is 3. The Balaban J connectivity index is 1.51. The van der Waals surface area contributed by atoms with Crippen LogP contribution in [0.5, 0.6) is 5.75 Å². The molecule has 0 aliphatic carbocycles. The van der Waals surface area contributed by atoms with Crippen LogP contribution < -0.4 is 10.1 Å². The van der Waals surface area contributed by atoms with E-state index in [9.17, 15) is 14.4 Å². The number of amides is 1. The lowest BCUT2D eigenvalue weighted by Gasteiger charge is -2.20. The zero-order chi connectivity index (χ0) is 27.3. The zero-order valence-electron chi connectivity index (χ0n) is 22.0. The maximum Gasteiger partial charge on any atom is 0.329 e. The number of carbonyl (C=O) groups is 3. The number of rotatable bonds is 9. The van der Waals surface area contributed by atoms with Gasteiger partial charge in [-0.25, -0.2) is 4.79 Å². The fraction of sp³-hybridized carbons (Fsp3) is 0.258. The van der Waals surface area contributed by atoms with Crippen LogP contribution in [0.1, 0.15) is 52.6 Å². The van der Waals surface area contributed by atoms with Gasteiger partial charge in [-0.05, 0) is 59.0 Å². The van der Waals surface area contributed by atoms with E-state index in [4.69, 9.17) is 9.47 Å². The number of hydrogen-bond donors (Lipinski definition) is 2. The number of methoxy groups -OCH3 is 1. The van der Waals surface area contributed by atoms with Crippen molar-refractivity contribution in [2.24, 2.45) is 0 Å². The fourth-order valence-corrected chi connectivity index (χ4v) is 4.17. The van der Waals surface area contributed by atoms with Gasteiger partial charge in [0.15, 0.2) is 12.4 Å². The fourth-order valence-electron chi connectivity index (χ4n) is 4.17. The minimum atomic E-state index is -0.993. The number of ketones is 1. The van der Waals surface area contributed by atoms with Gasteiger partial charge in [0, 0.05) is 34.6 Å².